The van der Waals surface area contributed by atoms with Crippen LogP contribution in [0.4, 0.5) is 5.69 Å². The standard InChI is InChI=1S/C20H22NO4P/c1-4-23-26(21-17-12-8-9-13-18(17)25-26)20(16-10-6-5-7-11-16)19(14(2)22)15(3)24-26/h5-13,20-21H,4H2,1-3H3. The number of carbonyl (C=O) groups excluding carboxylic acids is 1. The van der Waals surface area contributed by atoms with Crippen LogP contribution in [0.15, 0.2) is 65.9 Å². The zero-order chi connectivity index (χ0) is 18.4. The van der Waals surface area contributed by atoms with E-state index in [0.717, 1.165) is 11.3 Å². The van der Waals surface area contributed by atoms with Crippen LogP contribution >= 0.6 is 7.43 Å². The number of rotatable bonds is 4. The third-order valence-electron chi connectivity index (χ3n) is 4.76. The van der Waals surface area contributed by atoms with Gasteiger partial charge < -0.3 is 0 Å². The number of allylic oxidation sites excluding steroid dienone is 2. The average Bonchev–Trinajstić information content (AvgIpc) is 3.07. The quantitative estimate of drug-likeness (QED) is 0.732. The van der Waals surface area contributed by atoms with Gasteiger partial charge >= 0.3 is 153 Å². The second-order valence-electron chi connectivity index (χ2n) is 6.49. The van der Waals surface area contributed by atoms with Gasteiger partial charge in [0, 0.05) is 0 Å². The molecule has 1 spiro atoms. The summed E-state index contributed by atoms with van der Waals surface area (Å²) in [6.45, 7) is 5.66. The molecule has 6 heteroatoms. The molecule has 0 saturated heterocycles. The van der Waals surface area contributed by atoms with Crippen molar-refractivity contribution in [2.24, 2.45) is 0 Å². The summed E-state index contributed by atoms with van der Waals surface area (Å²) in [6, 6.07) is 17.5. The maximum absolute atomic E-state index is 12.5. The molecule has 1 unspecified atom stereocenters. The van der Waals surface area contributed by atoms with Gasteiger partial charge in [-0.25, -0.2) is 0 Å². The molecule has 2 aromatic carbocycles. The number of para-hydroxylation sites is 2. The zero-order valence-electron chi connectivity index (χ0n) is 15.1. The van der Waals surface area contributed by atoms with E-state index in [4.69, 9.17) is 13.6 Å². The Morgan fingerprint density at radius 1 is 1.12 bits per heavy atom. The Balaban J connectivity index is 1.96. The summed E-state index contributed by atoms with van der Waals surface area (Å²) in [4.78, 5) is 12.5. The van der Waals surface area contributed by atoms with E-state index in [9.17, 15) is 4.79 Å². The summed E-state index contributed by atoms with van der Waals surface area (Å²) in [7, 11) is -3.93. The van der Waals surface area contributed by atoms with Crippen molar-refractivity contribution in [3.63, 3.8) is 0 Å². The van der Waals surface area contributed by atoms with Gasteiger partial charge in [0.05, 0.1) is 0 Å². The number of hydrogen-bond acceptors (Lipinski definition) is 5. The van der Waals surface area contributed by atoms with Gasteiger partial charge in [-0.2, -0.15) is 0 Å². The summed E-state index contributed by atoms with van der Waals surface area (Å²) in [5.41, 5.74) is 1.90. The van der Waals surface area contributed by atoms with Crippen molar-refractivity contribution in [1.29, 1.82) is 0 Å². The molecular formula is C20H22NO4P. The molecule has 1 N–H and O–H groups in total. The van der Waals surface area contributed by atoms with E-state index < -0.39 is 13.1 Å². The van der Waals surface area contributed by atoms with Crippen LogP contribution in [0.1, 0.15) is 32.0 Å². The number of fused-ring (bicyclic) bond motifs is 1. The zero-order valence-corrected chi connectivity index (χ0v) is 16.0. The number of ketones is 1. The SMILES string of the molecule is CCOP12(Nc3ccccc3O1)OC(C)=C(C(C)=O)C2c1ccccc1. The predicted molar refractivity (Wildman–Crippen MR) is 103 cm³/mol. The molecule has 1 atom stereocenters. The molecule has 0 amide bonds. The van der Waals surface area contributed by atoms with Crippen LogP contribution in [0.2, 0.25) is 0 Å². The molecule has 0 aliphatic carbocycles. The topological polar surface area (TPSA) is 56.8 Å². The van der Waals surface area contributed by atoms with Gasteiger partial charge in [-0.05, 0) is 0 Å². The number of anilines is 1. The van der Waals surface area contributed by atoms with Crippen molar-refractivity contribution >= 4 is 18.9 Å². The third kappa shape index (κ3) is 2.28. The molecule has 2 heterocycles. The Hall–Kier alpha value is -2.36. The van der Waals surface area contributed by atoms with Crippen LogP contribution in [0.5, 0.6) is 5.75 Å². The monoisotopic (exact) mass is 371 g/mol. The Morgan fingerprint density at radius 3 is 2.46 bits per heavy atom. The summed E-state index contributed by atoms with van der Waals surface area (Å²) >= 11 is 0. The van der Waals surface area contributed by atoms with Crippen molar-refractivity contribution in [3.05, 3.63) is 71.5 Å². The first kappa shape index (κ1) is 17.1. The summed E-state index contributed by atoms with van der Waals surface area (Å²) in [5, 5.41) is 3.46. The molecule has 0 radical (unpaired) electrons. The van der Waals surface area contributed by atoms with E-state index in [2.05, 4.69) is 5.09 Å². The summed E-state index contributed by atoms with van der Waals surface area (Å²) < 4.78 is 19.2. The van der Waals surface area contributed by atoms with Crippen LogP contribution in [-0.2, 0) is 13.8 Å². The average molecular weight is 371 g/mol. The van der Waals surface area contributed by atoms with Crippen molar-refractivity contribution in [2.45, 2.75) is 26.4 Å². The number of benzene rings is 2. The van der Waals surface area contributed by atoms with E-state index in [1.165, 1.54) is 0 Å². The van der Waals surface area contributed by atoms with Crippen molar-refractivity contribution in [1.82, 2.24) is 0 Å². The Labute approximate surface area is 153 Å². The van der Waals surface area contributed by atoms with Crippen LogP contribution < -0.4 is 9.61 Å². The van der Waals surface area contributed by atoms with E-state index >= 15 is 0 Å². The summed E-state index contributed by atoms with van der Waals surface area (Å²) in [6.07, 6.45) is 0. The molecular weight excluding hydrogens is 349 g/mol. The van der Waals surface area contributed by atoms with Crippen LogP contribution in [-0.4, -0.2) is 12.4 Å². The molecule has 5 nitrogen and oxygen atoms in total. The fourth-order valence-corrected chi connectivity index (χ4v) is 8.44. The predicted octanol–water partition coefficient (Wildman–Crippen LogP) is 5.38. The summed E-state index contributed by atoms with van der Waals surface area (Å²) in [5.74, 6) is 1.19. The molecule has 0 bridgehead atoms. The normalized spacial score (nSPS) is 23.3. The number of hydrogen-bond donors (Lipinski definition) is 1. The minimum atomic E-state index is -3.93. The second-order valence-corrected chi connectivity index (χ2v) is 9.74. The molecule has 2 aromatic rings. The van der Waals surface area contributed by atoms with E-state index in [1.54, 1.807) is 13.8 Å². The fraction of sp³-hybridized carbons (Fsp3) is 0.250. The van der Waals surface area contributed by atoms with Gasteiger partial charge in [0.2, 0.25) is 0 Å². The molecule has 2 aliphatic rings. The second kappa shape index (κ2) is 5.83. The molecule has 136 valence electrons. The van der Waals surface area contributed by atoms with Crippen molar-refractivity contribution in [2.75, 3.05) is 11.7 Å². The van der Waals surface area contributed by atoms with Gasteiger partial charge in [-0.15, -0.1) is 0 Å². The van der Waals surface area contributed by atoms with Crippen molar-refractivity contribution < 1.29 is 18.4 Å². The molecule has 0 fully saturated rings. The van der Waals surface area contributed by atoms with Gasteiger partial charge in [0.15, 0.2) is 0 Å². The maximum atomic E-state index is 12.5. The van der Waals surface area contributed by atoms with Crippen LogP contribution in [0, 0.1) is 0 Å². The molecule has 4 rings (SSSR count). The number of nitrogens with one attached hydrogen (secondary N) is 1. The van der Waals surface area contributed by atoms with Gasteiger partial charge in [0.25, 0.3) is 0 Å². The third-order valence-corrected chi connectivity index (χ3v) is 8.76. The van der Waals surface area contributed by atoms with E-state index in [-0.39, 0.29) is 5.78 Å². The van der Waals surface area contributed by atoms with E-state index in [1.807, 2.05) is 61.5 Å². The Kier molecular flexibility index (Phi) is 3.83. The number of Topliss-reactive ketones (excluding diaryl/α,β-unsaturated/α-hetero) is 1. The van der Waals surface area contributed by atoms with Gasteiger partial charge in [0.1, 0.15) is 0 Å². The van der Waals surface area contributed by atoms with Gasteiger partial charge in [-0.1, -0.05) is 0 Å². The molecule has 2 aliphatic heterocycles. The van der Waals surface area contributed by atoms with E-state index in [0.29, 0.717) is 23.7 Å². The Bertz CT molecular complexity index is 884. The van der Waals surface area contributed by atoms with Crippen molar-refractivity contribution in [3.8, 4) is 5.75 Å². The van der Waals surface area contributed by atoms with Crippen LogP contribution in [0.25, 0.3) is 0 Å². The molecule has 0 aromatic heterocycles. The first-order valence-electron chi connectivity index (χ1n) is 8.70. The first-order valence-corrected chi connectivity index (χ1v) is 10.8. The van der Waals surface area contributed by atoms with Gasteiger partial charge in [-0.3, -0.25) is 0 Å². The fourth-order valence-electron chi connectivity index (χ4n) is 3.90. The first-order chi connectivity index (χ1) is 12.5. The number of carbonyl (C=O) groups is 1. The van der Waals surface area contributed by atoms with Crippen LogP contribution in [0.3, 0.4) is 0 Å². The molecule has 26 heavy (non-hydrogen) atoms. The minimum absolute atomic E-state index is 0.0427. The Morgan fingerprint density at radius 2 is 1.81 bits per heavy atom. The molecule has 0 saturated carbocycles.